The van der Waals surface area contributed by atoms with Crippen molar-refractivity contribution in [1.82, 2.24) is 0 Å². The Balaban J connectivity index is 1.11. The van der Waals surface area contributed by atoms with Gasteiger partial charge >= 0.3 is 5.97 Å². The Bertz CT molecular complexity index is 1360. The molecule has 0 N–H and O–H groups in total. The average Bonchev–Trinajstić information content (AvgIpc) is 3.68. The highest BCUT2D eigenvalue weighted by atomic mass is 16.5. The van der Waals surface area contributed by atoms with Gasteiger partial charge in [0.15, 0.2) is 0 Å². The van der Waals surface area contributed by atoms with E-state index < -0.39 is 5.97 Å². The number of hydrogen-bond acceptors (Lipinski definition) is 4. The molecule has 5 heteroatoms. The van der Waals surface area contributed by atoms with Crippen molar-refractivity contribution in [3.05, 3.63) is 96.6 Å². The summed E-state index contributed by atoms with van der Waals surface area (Å²) >= 11 is 0. The number of esters is 1. The number of hydrogen-bond donors (Lipinski definition) is 0. The number of benzene rings is 3. The highest BCUT2D eigenvalue weighted by molar-refractivity contribution is 6.23. The third-order valence-electron chi connectivity index (χ3n) is 8.17. The summed E-state index contributed by atoms with van der Waals surface area (Å²) in [6.07, 6.45) is 5.45. The van der Waals surface area contributed by atoms with Crippen LogP contribution in [0.15, 0.2) is 91.0 Å². The molecule has 172 valence electrons. The Morgan fingerprint density at radius 3 is 2.03 bits per heavy atom. The van der Waals surface area contributed by atoms with Gasteiger partial charge in [-0.3, -0.25) is 9.59 Å². The van der Waals surface area contributed by atoms with Crippen molar-refractivity contribution >= 4 is 23.5 Å². The lowest BCUT2D eigenvalue weighted by Gasteiger charge is -2.37. The van der Waals surface area contributed by atoms with Crippen molar-refractivity contribution in [3.8, 4) is 16.9 Å². The van der Waals surface area contributed by atoms with Gasteiger partial charge in [0.25, 0.3) is 0 Å². The largest absolute Gasteiger partial charge is 0.423 e. The number of amides is 2. The number of nitrogens with zero attached hydrogens (tertiary/aromatic N) is 1. The van der Waals surface area contributed by atoms with Gasteiger partial charge in [-0.25, -0.2) is 9.69 Å². The Hall–Kier alpha value is -3.99. The fourth-order valence-electron chi connectivity index (χ4n) is 6.50. The lowest BCUT2D eigenvalue weighted by molar-refractivity contribution is -0.124. The van der Waals surface area contributed by atoms with Gasteiger partial charge in [-0.15, -0.1) is 0 Å². The van der Waals surface area contributed by atoms with Crippen molar-refractivity contribution < 1.29 is 19.1 Å². The molecule has 0 aromatic heterocycles. The minimum Gasteiger partial charge on any atom is -0.423 e. The molecule has 6 atom stereocenters. The molecule has 0 spiro atoms. The maximum absolute atomic E-state index is 13.4. The van der Waals surface area contributed by atoms with Crippen molar-refractivity contribution in [2.45, 2.75) is 6.42 Å². The average molecular weight is 462 g/mol. The van der Waals surface area contributed by atoms with Crippen molar-refractivity contribution in [1.29, 1.82) is 0 Å². The molecule has 3 aromatic carbocycles. The molecule has 8 rings (SSSR count). The summed E-state index contributed by atoms with van der Waals surface area (Å²) in [5.41, 5.74) is 2.85. The van der Waals surface area contributed by atoms with Crippen LogP contribution in [0.4, 0.5) is 5.69 Å². The van der Waals surface area contributed by atoms with E-state index in [1.165, 1.54) is 4.90 Å². The zero-order valence-electron chi connectivity index (χ0n) is 18.9. The summed E-state index contributed by atoms with van der Waals surface area (Å²) in [5, 5.41) is 0. The van der Waals surface area contributed by atoms with Crippen LogP contribution in [0, 0.1) is 35.5 Å². The van der Waals surface area contributed by atoms with Gasteiger partial charge in [-0.2, -0.15) is 0 Å². The smallest absolute Gasteiger partial charge is 0.343 e. The fraction of sp³-hybridized carbons (Fsp3) is 0.233. The van der Waals surface area contributed by atoms with Gasteiger partial charge in [0, 0.05) is 0 Å². The van der Waals surface area contributed by atoms with E-state index >= 15 is 0 Å². The van der Waals surface area contributed by atoms with Gasteiger partial charge < -0.3 is 4.74 Å². The molecule has 35 heavy (non-hydrogen) atoms. The minimum atomic E-state index is -0.529. The second-order valence-corrected chi connectivity index (χ2v) is 10.00. The van der Waals surface area contributed by atoms with Crippen LogP contribution in [0.2, 0.25) is 0 Å². The number of rotatable bonds is 4. The second kappa shape index (κ2) is 7.51. The molecule has 0 radical (unpaired) electrons. The molecule has 2 bridgehead atoms. The summed E-state index contributed by atoms with van der Waals surface area (Å²) in [6.45, 7) is 0. The maximum atomic E-state index is 13.4. The summed E-state index contributed by atoms with van der Waals surface area (Å²) in [6, 6.07) is 23.9. The van der Waals surface area contributed by atoms with Gasteiger partial charge in [-0.1, -0.05) is 60.7 Å². The highest BCUT2D eigenvalue weighted by Crippen LogP contribution is 2.65. The first-order valence-electron chi connectivity index (χ1n) is 12.1. The van der Waals surface area contributed by atoms with Crippen LogP contribution in [-0.4, -0.2) is 17.8 Å². The van der Waals surface area contributed by atoms with Crippen molar-refractivity contribution in [2.24, 2.45) is 35.5 Å². The first kappa shape index (κ1) is 20.4. The molecule has 3 aromatic rings. The summed E-state index contributed by atoms with van der Waals surface area (Å²) in [7, 11) is 0. The van der Waals surface area contributed by atoms with Crippen LogP contribution in [0.25, 0.3) is 11.1 Å². The molecule has 1 aliphatic heterocycles. The van der Waals surface area contributed by atoms with E-state index in [1.807, 2.05) is 42.5 Å². The Morgan fingerprint density at radius 1 is 0.743 bits per heavy atom. The first-order valence-corrected chi connectivity index (χ1v) is 12.1. The van der Waals surface area contributed by atoms with Crippen LogP contribution in [0.3, 0.4) is 0 Å². The first-order chi connectivity index (χ1) is 17.1. The summed E-state index contributed by atoms with van der Waals surface area (Å²) < 4.78 is 5.58. The number of allylic oxidation sites excluding steroid dienone is 2. The zero-order valence-corrected chi connectivity index (χ0v) is 18.9. The number of carbonyl (C=O) groups excluding carboxylic acids is 3. The van der Waals surface area contributed by atoms with Crippen LogP contribution in [-0.2, 0) is 9.59 Å². The molecule has 0 unspecified atom stereocenters. The molecule has 1 saturated heterocycles. The molecule has 1 heterocycles. The van der Waals surface area contributed by atoms with Crippen LogP contribution in [0.1, 0.15) is 16.8 Å². The third-order valence-corrected chi connectivity index (χ3v) is 8.17. The van der Waals surface area contributed by atoms with E-state index in [4.69, 9.17) is 4.74 Å². The number of carbonyl (C=O) groups is 3. The van der Waals surface area contributed by atoms with Gasteiger partial charge in [-0.05, 0) is 71.6 Å². The van der Waals surface area contributed by atoms with E-state index in [1.54, 1.807) is 36.4 Å². The molecule has 5 nitrogen and oxygen atoms in total. The van der Waals surface area contributed by atoms with E-state index in [0.29, 0.717) is 28.8 Å². The van der Waals surface area contributed by atoms with Gasteiger partial charge in [0.05, 0.1) is 23.1 Å². The van der Waals surface area contributed by atoms with Crippen LogP contribution >= 0.6 is 0 Å². The lowest BCUT2D eigenvalue weighted by atomic mass is 9.63. The molecular formula is C30H23NO4. The highest BCUT2D eigenvalue weighted by Gasteiger charge is 2.67. The zero-order chi connectivity index (χ0) is 23.7. The quantitative estimate of drug-likeness (QED) is 0.234. The summed E-state index contributed by atoms with van der Waals surface area (Å²) in [4.78, 5) is 41.0. The molecular weight excluding hydrogens is 438 g/mol. The molecule has 2 saturated carbocycles. The van der Waals surface area contributed by atoms with E-state index in [-0.39, 0.29) is 35.5 Å². The summed E-state index contributed by atoms with van der Waals surface area (Å²) in [5.74, 6) is 0.556. The fourth-order valence-corrected chi connectivity index (χ4v) is 6.50. The third kappa shape index (κ3) is 3.11. The monoisotopic (exact) mass is 461 g/mol. The SMILES string of the molecule is O=C(Oc1ccc(-c2ccccc2)cc1)c1cccc(N2C(=O)[C@@H]3[C@H]4C=C[C@H]([C@H]5C[C@H]45)[C@@H]3C2=O)c1. The predicted octanol–water partition coefficient (Wildman–Crippen LogP) is 5.13. The Kier molecular flexibility index (Phi) is 4.37. The van der Waals surface area contributed by atoms with Crippen molar-refractivity contribution in [2.75, 3.05) is 4.90 Å². The normalized spacial score (nSPS) is 29.7. The molecule has 5 aliphatic rings. The lowest BCUT2D eigenvalue weighted by Crippen LogP contribution is -2.40. The van der Waals surface area contributed by atoms with Crippen LogP contribution < -0.4 is 9.64 Å². The maximum Gasteiger partial charge on any atom is 0.343 e. The van der Waals surface area contributed by atoms with E-state index in [9.17, 15) is 14.4 Å². The van der Waals surface area contributed by atoms with Gasteiger partial charge in [0.2, 0.25) is 11.8 Å². The number of anilines is 1. The van der Waals surface area contributed by atoms with E-state index in [0.717, 1.165) is 17.5 Å². The predicted molar refractivity (Wildman–Crippen MR) is 130 cm³/mol. The van der Waals surface area contributed by atoms with E-state index in [2.05, 4.69) is 12.2 Å². The minimum absolute atomic E-state index is 0.133. The molecule has 2 amide bonds. The standard InChI is InChI=1S/C30H23NO4/c32-28-26-22-13-14-23(25-16-24(22)25)27(26)29(33)31(28)20-8-4-7-19(15-20)30(34)35-21-11-9-18(10-12-21)17-5-2-1-3-6-17/h1-15,22-27H,16H2/t22-,23+,24-,25-,26+,27-/m1/s1. The second-order valence-electron chi connectivity index (χ2n) is 10.00. The molecule has 4 aliphatic carbocycles. The Morgan fingerprint density at radius 2 is 1.37 bits per heavy atom. The number of ether oxygens (including phenoxy) is 1. The van der Waals surface area contributed by atoms with Crippen LogP contribution in [0.5, 0.6) is 5.75 Å². The Labute approximate surface area is 203 Å². The molecule has 3 fully saturated rings. The van der Waals surface area contributed by atoms with Crippen molar-refractivity contribution in [3.63, 3.8) is 0 Å². The number of imide groups is 1. The topological polar surface area (TPSA) is 63.7 Å². The van der Waals surface area contributed by atoms with Gasteiger partial charge in [0.1, 0.15) is 5.75 Å².